The van der Waals surface area contributed by atoms with Gasteiger partial charge in [0, 0.05) is 18.2 Å². The standard InChI is InChI=1S/C16H22BrNO5/c1-5-23-15-12(17)8-11(9-13(15)22-4)16(21)18(10(2)3)7-6-14(19)20/h8-10H,5-7H2,1-4H3,(H,19,20). The van der Waals surface area contributed by atoms with Gasteiger partial charge >= 0.3 is 5.97 Å². The molecule has 1 N–H and O–H groups in total. The molecule has 0 heterocycles. The average molecular weight is 388 g/mol. The van der Waals surface area contributed by atoms with E-state index in [4.69, 9.17) is 14.6 Å². The van der Waals surface area contributed by atoms with Crippen LogP contribution < -0.4 is 9.47 Å². The van der Waals surface area contributed by atoms with Gasteiger partial charge in [0.1, 0.15) is 0 Å². The van der Waals surface area contributed by atoms with Crippen molar-refractivity contribution in [3.63, 3.8) is 0 Å². The van der Waals surface area contributed by atoms with E-state index in [1.807, 2.05) is 20.8 Å². The molecule has 0 saturated heterocycles. The van der Waals surface area contributed by atoms with Crippen LogP contribution in [0.5, 0.6) is 11.5 Å². The van der Waals surface area contributed by atoms with Crippen LogP contribution in [0.25, 0.3) is 0 Å². The quantitative estimate of drug-likeness (QED) is 0.740. The molecule has 6 nitrogen and oxygen atoms in total. The van der Waals surface area contributed by atoms with Crippen LogP contribution in [-0.2, 0) is 4.79 Å². The summed E-state index contributed by atoms with van der Waals surface area (Å²) in [5, 5.41) is 8.84. The summed E-state index contributed by atoms with van der Waals surface area (Å²) in [6.07, 6.45) is -0.0980. The average Bonchev–Trinajstić information content (AvgIpc) is 2.48. The predicted molar refractivity (Wildman–Crippen MR) is 90.3 cm³/mol. The van der Waals surface area contributed by atoms with Crippen LogP contribution in [0.2, 0.25) is 0 Å². The molecular weight excluding hydrogens is 366 g/mol. The van der Waals surface area contributed by atoms with Crippen molar-refractivity contribution in [1.82, 2.24) is 4.90 Å². The van der Waals surface area contributed by atoms with Gasteiger partial charge in [-0.2, -0.15) is 0 Å². The summed E-state index contributed by atoms with van der Waals surface area (Å²) in [4.78, 5) is 25.0. The molecule has 0 fully saturated rings. The molecule has 7 heteroatoms. The van der Waals surface area contributed by atoms with Crippen LogP contribution in [0.15, 0.2) is 16.6 Å². The normalized spacial score (nSPS) is 10.5. The molecule has 0 atom stereocenters. The van der Waals surface area contributed by atoms with Crippen molar-refractivity contribution in [2.45, 2.75) is 33.2 Å². The van der Waals surface area contributed by atoms with E-state index < -0.39 is 5.97 Å². The SMILES string of the molecule is CCOc1c(Br)cc(C(=O)N(CCC(=O)O)C(C)C)cc1OC. The third-order valence-corrected chi connectivity index (χ3v) is 3.80. The third-order valence-electron chi connectivity index (χ3n) is 3.22. The smallest absolute Gasteiger partial charge is 0.305 e. The lowest BCUT2D eigenvalue weighted by Gasteiger charge is -2.26. The minimum absolute atomic E-state index is 0.0980. The second-order valence-electron chi connectivity index (χ2n) is 5.16. The highest BCUT2D eigenvalue weighted by atomic mass is 79.9. The highest BCUT2D eigenvalue weighted by molar-refractivity contribution is 9.10. The summed E-state index contributed by atoms with van der Waals surface area (Å²) in [6, 6.07) is 3.15. The number of rotatable bonds is 8. The summed E-state index contributed by atoms with van der Waals surface area (Å²) in [5.41, 5.74) is 0.413. The van der Waals surface area contributed by atoms with Crippen molar-refractivity contribution in [2.24, 2.45) is 0 Å². The Morgan fingerprint density at radius 1 is 1.35 bits per heavy atom. The molecule has 1 rings (SSSR count). The molecule has 0 unspecified atom stereocenters. The van der Waals surface area contributed by atoms with Crippen LogP contribution in [0, 0.1) is 0 Å². The molecule has 0 radical (unpaired) electrons. The zero-order valence-electron chi connectivity index (χ0n) is 13.8. The maximum Gasteiger partial charge on any atom is 0.305 e. The number of aliphatic carboxylic acids is 1. The van der Waals surface area contributed by atoms with Gasteiger partial charge in [0.2, 0.25) is 0 Å². The fraction of sp³-hybridized carbons (Fsp3) is 0.500. The van der Waals surface area contributed by atoms with E-state index in [1.165, 1.54) is 12.0 Å². The van der Waals surface area contributed by atoms with E-state index in [2.05, 4.69) is 15.9 Å². The Labute approximate surface area is 144 Å². The molecule has 23 heavy (non-hydrogen) atoms. The Kier molecular flexibility index (Phi) is 7.35. The molecule has 0 saturated carbocycles. The maximum absolute atomic E-state index is 12.7. The minimum Gasteiger partial charge on any atom is -0.493 e. The number of ether oxygens (including phenoxy) is 2. The van der Waals surface area contributed by atoms with Crippen molar-refractivity contribution in [2.75, 3.05) is 20.3 Å². The number of benzene rings is 1. The molecule has 0 spiro atoms. The lowest BCUT2D eigenvalue weighted by molar-refractivity contribution is -0.137. The number of carbonyl (C=O) groups excluding carboxylic acids is 1. The lowest BCUT2D eigenvalue weighted by atomic mass is 10.1. The number of carbonyl (C=O) groups is 2. The first-order valence-electron chi connectivity index (χ1n) is 7.34. The largest absolute Gasteiger partial charge is 0.493 e. The van der Waals surface area contributed by atoms with Crippen molar-refractivity contribution >= 4 is 27.8 Å². The molecule has 128 valence electrons. The van der Waals surface area contributed by atoms with Gasteiger partial charge in [-0.05, 0) is 48.8 Å². The van der Waals surface area contributed by atoms with Gasteiger partial charge in [0.15, 0.2) is 11.5 Å². The summed E-state index contributed by atoms with van der Waals surface area (Å²) >= 11 is 3.39. The van der Waals surface area contributed by atoms with Gasteiger partial charge in [0.05, 0.1) is 24.6 Å². The second-order valence-corrected chi connectivity index (χ2v) is 6.01. The van der Waals surface area contributed by atoms with Gasteiger partial charge in [-0.1, -0.05) is 0 Å². The summed E-state index contributed by atoms with van der Waals surface area (Å²) in [6.45, 7) is 6.18. The fourth-order valence-corrected chi connectivity index (χ4v) is 2.66. The minimum atomic E-state index is -0.936. The molecule has 0 bridgehead atoms. The van der Waals surface area contributed by atoms with Crippen molar-refractivity contribution < 1.29 is 24.2 Å². The van der Waals surface area contributed by atoms with E-state index in [-0.39, 0.29) is 24.9 Å². The van der Waals surface area contributed by atoms with E-state index in [1.54, 1.807) is 12.1 Å². The maximum atomic E-state index is 12.7. The number of halogens is 1. The van der Waals surface area contributed by atoms with E-state index in [0.29, 0.717) is 28.1 Å². The van der Waals surface area contributed by atoms with Crippen LogP contribution in [0.4, 0.5) is 0 Å². The third kappa shape index (κ3) is 5.13. The molecular formula is C16H22BrNO5. The Morgan fingerprint density at radius 3 is 2.48 bits per heavy atom. The van der Waals surface area contributed by atoms with Crippen LogP contribution in [-0.4, -0.2) is 48.2 Å². The van der Waals surface area contributed by atoms with Crippen LogP contribution in [0.1, 0.15) is 37.6 Å². The molecule has 0 aliphatic rings. The molecule has 1 aromatic rings. The topological polar surface area (TPSA) is 76.1 Å². The highest BCUT2D eigenvalue weighted by Gasteiger charge is 2.22. The van der Waals surface area contributed by atoms with Crippen LogP contribution >= 0.6 is 15.9 Å². The van der Waals surface area contributed by atoms with Crippen LogP contribution in [0.3, 0.4) is 0 Å². The Morgan fingerprint density at radius 2 is 2.00 bits per heavy atom. The number of carboxylic acid groups (broad SMARTS) is 1. The van der Waals surface area contributed by atoms with Gasteiger partial charge in [0.25, 0.3) is 5.91 Å². The van der Waals surface area contributed by atoms with Gasteiger partial charge in [-0.15, -0.1) is 0 Å². The van der Waals surface area contributed by atoms with Crippen molar-refractivity contribution in [3.8, 4) is 11.5 Å². The van der Waals surface area contributed by atoms with E-state index in [9.17, 15) is 9.59 Å². The summed E-state index contributed by atoms with van der Waals surface area (Å²) < 4.78 is 11.4. The van der Waals surface area contributed by atoms with E-state index >= 15 is 0 Å². The molecule has 0 aliphatic heterocycles. The molecule has 1 aromatic carbocycles. The zero-order chi connectivity index (χ0) is 17.6. The number of hydrogen-bond acceptors (Lipinski definition) is 4. The Hall–Kier alpha value is -1.76. The highest BCUT2D eigenvalue weighted by Crippen LogP contribution is 2.37. The fourth-order valence-electron chi connectivity index (χ4n) is 2.10. The monoisotopic (exact) mass is 387 g/mol. The zero-order valence-corrected chi connectivity index (χ0v) is 15.3. The predicted octanol–water partition coefficient (Wildman–Crippen LogP) is 3.18. The Balaban J connectivity index is 3.14. The number of nitrogens with zero attached hydrogens (tertiary/aromatic N) is 1. The summed E-state index contributed by atoms with van der Waals surface area (Å²) in [5.74, 6) is -0.197. The van der Waals surface area contributed by atoms with Crippen molar-refractivity contribution in [3.05, 3.63) is 22.2 Å². The molecule has 0 aliphatic carbocycles. The van der Waals surface area contributed by atoms with Gasteiger partial charge in [-0.25, -0.2) is 0 Å². The first-order chi connectivity index (χ1) is 10.8. The number of methoxy groups -OCH3 is 1. The number of hydrogen-bond donors (Lipinski definition) is 1. The van der Waals surface area contributed by atoms with Crippen molar-refractivity contribution in [1.29, 1.82) is 0 Å². The molecule has 1 amide bonds. The Bertz CT molecular complexity index is 574. The second kappa shape index (κ2) is 8.76. The molecule has 0 aromatic heterocycles. The van der Waals surface area contributed by atoms with E-state index in [0.717, 1.165) is 0 Å². The lowest BCUT2D eigenvalue weighted by Crippen LogP contribution is -2.38. The summed E-state index contributed by atoms with van der Waals surface area (Å²) in [7, 11) is 1.50. The first-order valence-corrected chi connectivity index (χ1v) is 8.14. The number of carboxylic acids is 1. The van der Waals surface area contributed by atoms with Gasteiger partial charge in [-0.3, -0.25) is 9.59 Å². The first kappa shape index (κ1) is 19.3. The van der Waals surface area contributed by atoms with Gasteiger partial charge < -0.3 is 19.5 Å². The number of amides is 1.